The van der Waals surface area contributed by atoms with Crippen LogP contribution in [0.5, 0.6) is 0 Å². The average molecular weight is 301 g/mol. The average Bonchev–Trinajstić information content (AvgIpc) is 2.57. The predicted molar refractivity (Wildman–Crippen MR) is 90.8 cm³/mol. The molecule has 2 N–H and O–H groups in total. The van der Waals surface area contributed by atoms with E-state index in [4.69, 9.17) is 5.73 Å². The van der Waals surface area contributed by atoms with Crippen LogP contribution in [-0.2, 0) is 4.79 Å². The number of rotatable bonds is 3. The summed E-state index contributed by atoms with van der Waals surface area (Å²) in [4.78, 5) is 16.8. The molecule has 2 fully saturated rings. The van der Waals surface area contributed by atoms with Gasteiger partial charge < -0.3 is 15.5 Å². The zero-order valence-corrected chi connectivity index (χ0v) is 13.3. The second kappa shape index (κ2) is 7.03. The summed E-state index contributed by atoms with van der Waals surface area (Å²) >= 11 is 0. The Labute approximate surface area is 133 Å². The molecule has 0 unspecified atom stereocenters. The third kappa shape index (κ3) is 3.73. The molecule has 0 spiro atoms. The van der Waals surface area contributed by atoms with Crippen LogP contribution in [-0.4, -0.2) is 37.0 Å². The van der Waals surface area contributed by atoms with Crippen LogP contribution in [0.1, 0.15) is 38.5 Å². The zero-order chi connectivity index (χ0) is 15.4. The highest BCUT2D eigenvalue weighted by atomic mass is 16.2. The van der Waals surface area contributed by atoms with Crippen molar-refractivity contribution in [1.82, 2.24) is 4.90 Å². The Kier molecular flexibility index (Phi) is 4.86. The molecule has 0 aromatic heterocycles. The number of nitrogen functional groups attached to an aromatic ring is 1. The van der Waals surface area contributed by atoms with Crippen molar-refractivity contribution in [3.05, 3.63) is 24.3 Å². The molecule has 120 valence electrons. The summed E-state index contributed by atoms with van der Waals surface area (Å²) in [7, 11) is 0. The molecule has 1 aromatic carbocycles. The summed E-state index contributed by atoms with van der Waals surface area (Å²) in [6, 6.07) is 8.01. The topological polar surface area (TPSA) is 49.6 Å². The molecule has 3 rings (SSSR count). The Hall–Kier alpha value is -1.71. The summed E-state index contributed by atoms with van der Waals surface area (Å²) in [5.41, 5.74) is 7.73. The molecule has 0 radical (unpaired) electrons. The molecule has 1 saturated heterocycles. The Bertz CT molecular complexity index is 486. The number of anilines is 2. The van der Waals surface area contributed by atoms with Gasteiger partial charge in [0, 0.05) is 44.0 Å². The smallest absolute Gasteiger partial charge is 0.222 e. The van der Waals surface area contributed by atoms with Crippen LogP contribution >= 0.6 is 0 Å². The third-order valence-corrected chi connectivity index (χ3v) is 5.08. The molecule has 22 heavy (non-hydrogen) atoms. The van der Waals surface area contributed by atoms with Gasteiger partial charge in [0.2, 0.25) is 5.91 Å². The maximum atomic E-state index is 12.4. The molecule has 0 atom stereocenters. The first kappa shape index (κ1) is 15.2. The van der Waals surface area contributed by atoms with Crippen molar-refractivity contribution in [2.75, 3.05) is 36.8 Å². The predicted octanol–water partition coefficient (Wildman–Crippen LogP) is 2.89. The summed E-state index contributed by atoms with van der Waals surface area (Å²) in [5, 5.41) is 0. The van der Waals surface area contributed by atoms with E-state index in [2.05, 4.69) is 21.9 Å². The number of carbonyl (C=O) groups excluding carboxylic acids is 1. The first-order valence-corrected chi connectivity index (χ1v) is 8.60. The molecule has 1 aromatic rings. The second-order valence-electron chi connectivity index (χ2n) is 6.67. The molecule has 0 bridgehead atoms. The van der Waals surface area contributed by atoms with Gasteiger partial charge in [0.15, 0.2) is 0 Å². The van der Waals surface area contributed by atoms with Gasteiger partial charge in [0.1, 0.15) is 0 Å². The number of benzene rings is 1. The number of hydrogen-bond donors (Lipinski definition) is 1. The molecular weight excluding hydrogens is 274 g/mol. The Morgan fingerprint density at radius 2 is 1.64 bits per heavy atom. The lowest BCUT2D eigenvalue weighted by molar-refractivity contribution is -0.132. The molecule has 1 saturated carbocycles. The highest BCUT2D eigenvalue weighted by Crippen LogP contribution is 2.27. The van der Waals surface area contributed by atoms with Gasteiger partial charge in [-0.1, -0.05) is 19.3 Å². The monoisotopic (exact) mass is 301 g/mol. The van der Waals surface area contributed by atoms with E-state index in [0.29, 0.717) is 11.8 Å². The maximum absolute atomic E-state index is 12.4. The van der Waals surface area contributed by atoms with Crippen LogP contribution in [0.4, 0.5) is 11.4 Å². The molecule has 4 nitrogen and oxygen atoms in total. The fourth-order valence-electron chi connectivity index (χ4n) is 3.67. The summed E-state index contributed by atoms with van der Waals surface area (Å²) in [6.07, 6.45) is 7.23. The molecule has 1 amide bonds. The largest absolute Gasteiger partial charge is 0.399 e. The van der Waals surface area contributed by atoms with Crippen molar-refractivity contribution in [2.45, 2.75) is 38.5 Å². The fraction of sp³-hybridized carbons (Fsp3) is 0.611. The summed E-state index contributed by atoms with van der Waals surface area (Å²) in [5.74, 6) is 1.00. The lowest BCUT2D eigenvalue weighted by atomic mass is 9.86. The van der Waals surface area contributed by atoms with E-state index in [-0.39, 0.29) is 0 Å². The minimum Gasteiger partial charge on any atom is -0.399 e. The van der Waals surface area contributed by atoms with E-state index < -0.39 is 0 Å². The molecule has 1 aliphatic carbocycles. The standard InChI is InChI=1S/C18H27N3O/c19-16-6-8-17(9-7-16)20-10-12-21(13-11-20)18(22)14-15-4-2-1-3-5-15/h6-9,15H,1-5,10-14,19H2. The van der Waals surface area contributed by atoms with Crippen molar-refractivity contribution >= 4 is 17.3 Å². The van der Waals surface area contributed by atoms with Crippen molar-refractivity contribution in [2.24, 2.45) is 5.92 Å². The quantitative estimate of drug-likeness (QED) is 0.873. The van der Waals surface area contributed by atoms with Gasteiger partial charge in [-0.25, -0.2) is 0 Å². The Morgan fingerprint density at radius 1 is 1.00 bits per heavy atom. The first-order valence-electron chi connectivity index (χ1n) is 8.60. The van der Waals surface area contributed by atoms with Gasteiger partial charge in [-0.15, -0.1) is 0 Å². The highest BCUT2D eigenvalue weighted by Gasteiger charge is 2.24. The van der Waals surface area contributed by atoms with Gasteiger partial charge in [-0.05, 0) is 43.0 Å². The minimum absolute atomic E-state index is 0.365. The lowest BCUT2D eigenvalue weighted by Crippen LogP contribution is -2.49. The number of amides is 1. The fourth-order valence-corrected chi connectivity index (χ4v) is 3.67. The normalized spacial score (nSPS) is 20.2. The molecule has 1 aliphatic heterocycles. The van der Waals surface area contributed by atoms with Crippen molar-refractivity contribution < 1.29 is 4.79 Å². The second-order valence-corrected chi connectivity index (χ2v) is 6.67. The van der Waals surface area contributed by atoms with Crippen molar-refractivity contribution in [1.29, 1.82) is 0 Å². The Balaban J connectivity index is 1.48. The van der Waals surface area contributed by atoms with Crippen molar-refractivity contribution in [3.63, 3.8) is 0 Å². The number of nitrogens with zero attached hydrogens (tertiary/aromatic N) is 2. The van der Waals surface area contributed by atoms with Gasteiger partial charge in [-0.3, -0.25) is 4.79 Å². The number of nitrogens with two attached hydrogens (primary N) is 1. The van der Waals surface area contributed by atoms with Gasteiger partial charge >= 0.3 is 0 Å². The van der Waals surface area contributed by atoms with Crippen LogP contribution in [0.3, 0.4) is 0 Å². The van der Waals surface area contributed by atoms with Crippen LogP contribution in [0, 0.1) is 5.92 Å². The number of carbonyl (C=O) groups is 1. The molecule has 1 heterocycles. The van der Waals surface area contributed by atoms with Crippen LogP contribution in [0.25, 0.3) is 0 Å². The molecule has 4 heteroatoms. The number of hydrogen-bond acceptors (Lipinski definition) is 3. The summed E-state index contributed by atoms with van der Waals surface area (Å²) in [6.45, 7) is 3.52. The van der Waals surface area contributed by atoms with Crippen LogP contribution in [0.15, 0.2) is 24.3 Å². The van der Waals surface area contributed by atoms with E-state index in [1.54, 1.807) is 0 Å². The van der Waals surface area contributed by atoms with Crippen LogP contribution in [0.2, 0.25) is 0 Å². The minimum atomic E-state index is 0.365. The maximum Gasteiger partial charge on any atom is 0.222 e. The SMILES string of the molecule is Nc1ccc(N2CCN(C(=O)CC3CCCCC3)CC2)cc1. The third-order valence-electron chi connectivity index (χ3n) is 5.08. The van der Waals surface area contributed by atoms with E-state index in [1.807, 2.05) is 12.1 Å². The van der Waals surface area contributed by atoms with E-state index in [0.717, 1.165) is 38.3 Å². The van der Waals surface area contributed by atoms with E-state index in [9.17, 15) is 4.79 Å². The highest BCUT2D eigenvalue weighted by molar-refractivity contribution is 5.76. The molecular formula is C18H27N3O. The lowest BCUT2D eigenvalue weighted by Gasteiger charge is -2.37. The Morgan fingerprint density at radius 3 is 2.27 bits per heavy atom. The van der Waals surface area contributed by atoms with Gasteiger partial charge in [0.05, 0.1) is 0 Å². The van der Waals surface area contributed by atoms with Gasteiger partial charge in [0.25, 0.3) is 0 Å². The number of piperazine rings is 1. The van der Waals surface area contributed by atoms with E-state index >= 15 is 0 Å². The zero-order valence-electron chi connectivity index (χ0n) is 13.3. The summed E-state index contributed by atoms with van der Waals surface area (Å²) < 4.78 is 0. The van der Waals surface area contributed by atoms with Crippen LogP contribution < -0.4 is 10.6 Å². The first-order chi connectivity index (χ1) is 10.7. The van der Waals surface area contributed by atoms with Crippen molar-refractivity contribution in [3.8, 4) is 0 Å². The van der Waals surface area contributed by atoms with E-state index in [1.165, 1.54) is 37.8 Å². The molecule has 2 aliphatic rings. The van der Waals surface area contributed by atoms with Gasteiger partial charge in [-0.2, -0.15) is 0 Å².